The average molecular weight is 428 g/mol. The Morgan fingerprint density at radius 1 is 0.968 bits per heavy atom. The first-order chi connectivity index (χ1) is 15.0. The molecule has 0 fully saturated rings. The number of hydrogen-bond donors (Lipinski definition) is 2. The van der Waals surface area contributed by atoms with Gasteiger partial charge in [-0.2, -0.15) is 0 Å². The molecule has 0 radical (unpaired) electrons. The monoisotopic (exact) mass is 427 g/mol. The summed E-state index contributed by atoms with van der Waals surface area (Å²) in [5.74, 6) is -0.303. The lowest BCUT2D eigenvalue weighted by Crippen LogP contribution is -2.37. The van der Waals surface area contributed by atoms with Crippen LogP contribution < -0.4 is 15.5 Å². The molecule has 0 aromatic heterocycles. The van der Waals surface area contributed by atoms with Crippen LogP contribution in [0.1, 0.15) is 57.4 Å². The summed E-state index contributed by atoms with van der Waals surface area (Å²) in [6, 6.07) is 13.1. The number of rotatable bonds is 12. The molecule has 5 nitrogen and oxygen atoms in total. The molecule has 0 aliphatic heterocycles. The van der Waals surface area contributed by atoms with Crippen molar-refractivity contribution >= 4 is 23.3 Å². The van der Waals surface area contributed by atoms with E-state index in [0.29, 0.717) is 37.3 Å². The molecule has 3 amide bonds. The highest BCUT2D eigenvalue weighted by Crippen LogP contribution is 2.18. The van der Waals surface area contributed by atoms with Crippen molar-refractivity contribution in [1.82, 2.24) is 5.32 Å². The molecule has 0 aliphatic carbocycles. The lowest BCUT2D eigenvalue weighted by Gasteiger charge is -2.23. The fourth-order valence-electron chi connectivity index (χ4n) is 3.33. The predicted octanol–water partition coefficient (Wildman–Crippen LogP) is 6.04. The first-order valence-corrected chi connectivity index (χ1v) is 11.2. The minimum Gasteiger partial charge on any atom is -0.356 e. The number of aryl methyl sites for hydroxylation is 1. The highest BCUT2D eigenvalue weighted by molar-refractivity contribution is 6.01. The van der Waals surface area contributed by atoms with Gasteiger partial charge in [-0.3, -0.25) is 9.69 Å². The van der Waals surface area contributed by atoms with Gasteiger partial charge >= 0.3 is 6.03 Å². The van der Waals surface area contributed by atoms with E-state index in [2.05, 4.69) is 17.6 Å². The van der Waals surface area contributed by atoms with E-state index < -0.39 is 0 Å². The van der Waals surface area contributed by atoms with Crippen molar-refractivity contribution < 1.29 is 14.0 Å². The summed E-state index contributed by atoms with van der Waals surface area (Å²) in [7, 11) is 0. The first kappa shape index (κ1) is 24.4. The molecule has 2 aromatic rings. The summed E-state index contributed by atoms with van der Waals surface area (Å²) in [6.07, 6.45) is 6.71. The second-order valence-corrected chi connectivity index (χ2v) is 7.80. The fourth-order valence-corrected chi connectivity index (χ4v) is 3.33. The number of halogens is 1. The third-order valence-corrected chi connectivity index (χ3v) is 5.04. The van der Waals surface area contributed by atoms with Crippen molar-refractivity contribution in [3.8, 4) is 0 Å². The Labute approximate surface area is 185 Å². The number of unbranched alkanes of at least 4 members (excludes halogenated alkanes) is 4. The maximum Gasteiger partial charge on any atom is 0.326 e. The van der Waals surface area contributed by atoms with E-state index in [9.17, 15) is 14.0 Å². The normalized spacial score (nSPS) is 10.5. The molecule has 6 heteroatoms. The number of carbonyl (C=O) groups is 2. The molecule has 0 heterocycles. The number of anilines is 2. The maximum atomic E-state index is 13.3. The number of urea groups is 1. The Balaban J connectivity index is 1.87. The van der Waals surface area contributed by atoms with Crippen molar-refractivity contribution in [3.63, 3.8) is 0 Å². The van der Waals surface area contributed by atoms with Crippen LogP contribution in [0.25, 0.3) is 0 Å². The maximum absolute atomic E-state index is 13.3. The van der Waals surface area contributed by atoms with Crippen LogP contribution in [0.15, 0.2) is 48.5 Å². The van der Waals surface area contributed by atoms with E-state index in [1.54, 1.807) is 17.0 Å². The molecule has 0 unspecified atom stereocenters. The largest absolute Gasteiger partial charge is 0.356 e. The zero-order valence-corrected chi connectivity index (χ0v) is 18.6. The van der Waals surface area contributed by atoms with E-state index in [1.165, 1.54) is 31.4 Å². The molecular weight excluding hydrogens is 393 g/mol. The quantitative estimate of drug-likeness (QED) is 0.406. The standard InChI is InChI=1S/C25H34FN3O2/c1-3-4-5-6-7-12-24(30)27-17-9-18-29(23-15-13-21(26)14-16-23)25(31)28-22-11-8-10-20(2)19-22/h8,10-11,13-16,19H,3-7,9,12,17-18H2,1-2H3,(H,27,30)(H,28,31). The van der Waals surface area contributed by atoms with E-state index in [4.69, 9.17) is 0 Å². The minimum absolute atomic E-state index is 0.0500. The van der Waals surface area contributed by atoms with Crippen LogP contribution in [-0.4, -0.2) is 25.0 Å². The van der Waals surface area contributed by atoms with Gasteiger partial charge in [0.1, 0.15) is 5.82 Å². The number of nitrogens with one attached hydrogen (secondary N) is 2. The summed E-state index contributed by atoms with van der Waals surface area (Å²) in [4.78, 5) is 26.5. The average Bonchev–Trinajstić information content (AvgIpc) is 2.74. The van der Waals surface area contributed by atoms with Crippen LogP contribution in [0.2, 0.25) is 0 Å². The van der Waals surface area contributed by atoms with E-state index in [0.717, 1.165) is 18.4 Å². The summed E-state index contributed by atoms with van der Waals surface area (Å²) < 4.78 is 13.3. The van der Waals surface area contributed by atoms with Crippen molar-refractivity contribution in [1.29, 1.82) is 0 Å². The van der Waals surface area contributed by atoms with Crippen LogP contribution in [0, 0.1) is 12.7 Å². The van der Waals surface area contributed by atoms with Crippen molar-refractivity contribution in [2.75, 3.05) is 23.3 Å². The third-order valence-electron chi connectivity index (χ3n) is 5.04. The Kier molecular flexibility index (Phi) is 10.6. The Hall–Kier alpha value is -2.89. The van der Waals surface area contributed by atoms with Gasteiger partial charge in [0.25, 0.3) is 0 Å². The molecule has 0 spiro atoms. The number of amides is 3. The molecule has 0 bridgehead atoms. The minimum atomic E-state index is -0.353. The predicted molar refractivity (Wildman–Crippen MR) is 125 cm³/mol. The van der Waals surface area contributed by atoms with Gasteiger partial charge in [0, 0.05) is 30.9 Å². The van der Waals surface area contributed by atoms with Crippen LogP contribution in [0.5, 0.6) is 0 Å². The highest BCUT2D eigenvalue weighted by atomic mass is 19.1. The highest BCUT2D eigenvalue weighted by Gasteiger charge is 2.16. The summed E-state index contributed by atoms with van der Waals surface area (Å²) in [5.41, 5.74) is 2.35. The van der Waals surface area contributed by atoms with Gasteiger partial charge in [-0.15, -0.1) is 0 Å². The van der Waals surface area contributed by atoms with Crippen LogP contribution in [0.3, 0.4) is 0 Å². The van der Waals surface area contributed by atoms with Gasteiger partial charge in [0.05, 0.1) is 0 Å². The van der Waals surface area contributed by atoms with E-state index in [1.807, 2.05) is 31.2 Å². The van der Waals surface area contributed by atoms with Crippen molar-refractivity contribution in [2.24, 2.45) is 0 Å². The summed E-state index contributed by atoms with van der Waals surface area (Å²) in [5, 5.41) is 5.82. The van der Waals surface area contributed by atoms with Crippen molar-refractivity contribution in [3.05, 3.63) is 59.9 Å². The van der Waals surface area contributed by atoms with Crippen LogP contribution in [0.4, 0.5) is 20.6 Å². The molecule has 0 saturated carbocycles. The molecule has 2 aromatic carbocycles. The van der Waals surface area contributed by atoms with E-state index >= 15 is 0 Å². The Morgan fingerprint density at radius 3 is 2.42 bits per heavy atom. The summed E-state index contributed by atoms with van der Waals surface area (Å²) >= 11 is 0. The van der Waals surface area contributed by atoms with Gasteiger partial charge in [-0.05, 0) is 61.7 Å². The fraction of sp³-hybridized carbons (Fsp3) is 0.440. The molecule has 31 heavy (non-hydrogen) atoms. The number of nitrogens with zero attached hydrogens (tertiary/aromatic N) is 1. The smallest absolute Gasteiger partial charge is 0.326 e. The van der Waals surface area contributed by atoms with Crippen molar-refractivity contribution in [2.45, 2.75) is 58.8 Å². The zero-order chi connectivity index (χ0) is 22.5. The van der Waals surface area contributed by atoms with Gasteiger partial charge in [0.15, 0.2) is 0 Å². The van der Waals surface area contributed by atoms with Gasteiger partial charge in [0.2, 0.25) is 5.91 Å². The second-order valence-electron chi connectivity index (χ2n) is 7.80. The number of benzene rings is 2. The molecule has 2 N–H and O–H groups in total. The molecule has 0 saturated heterocycles. The van der Waals surface area contributed by atoms with E-state index in [-0.39, 0.29) is 17.8 Å². The molecule has 0 aliphatic rings. The second kappa shape index (κ2) is 13.4. The first-order valence-electron chi connectivity index (χ1n) is 11.2. The molecular formula is C25H34FN3O2. The topological polar surface area (TPSA) is 61.4 Å². The molecule has 0 atom stereocenters. The zero-order valence-electron chi connectivity index (χ0n) is 18.6. The lowest BCUT2D eigenvalue weighted by molar-refractivity contribution is -0.121. The van der Waals surface area contributed by atoms with Gasteiger partial charge < -0.3 is 10.6 Å². The lowest BCUT2D eigenvalue weighted by atomic mass is 10.1. The number of hydrogen-bond acceptors (Lipinski definition) is 2. The number of carbonyl (C=O) groups excluding carboxylic acids is 2. The Bertz CT molecular complexity index is 824. The summed E-state index contributed by atoms with van der Waals surface area (Å²) in [6.45, 7) is 5.02. The van der Waals surface area contributed by atoms with Gasteiger partial charge in [-0.25, -0.2) is 9.18 Å². The van der Waals surface area contributed by atoms with Crippen LogP contribution in [-0.2, 0) is 4.79 Å². The van der Waals surface area contributed by atoms with Gasteiger partial charge in [-0.1, -0.05) is 44.7 Å². The SMILES string of the molecule is CCCCCCCC(=O)NCCCN(C(=O)Nc1cccc(C)c1)c1ccc(F)cc1. The third kappa shape index (κ3) is 9.20. The Morgan fingerprint density at radius 2 is 1.71 bits per heavy atom. The molecule has 2 rings (SSSR count). The van der Waals surface area contributed by atoms with Crippen LogP contribution >= 0.6 is 0 Å². The molecule has 168 valence electrons.